The van der Waals surface area contributed by atoms with Crippen LogP contribution in [-0.4, -0.2) is 30.8 Å². The van der Waals surface area contributed by atoms with Crippen LogP contribution in [0.5, 0.6) is 0 Å². The van der Waals surface area contributed by atoms with Crippen molar-refractivity contribution in [1.29, 1.82) is 5.26 Å². The van der Waals surface area contributed by atoms with E-state index >= 15 is 0 Å². The van der Waals surface area contributed by atoms with Gasteiger partial charge in [-0.15, -0.1) is 0 Å². The Hall–Kier alpha value is -1.16. The van der Waals surface area contributed by atoms with Crippen molar-refractivity contribution in [3.8, 4) is 6.07 Å². The van der Waals surface area contributed by atoms with E-state index in [1.165, 1.54) is 22.6 Å². The molecule has 104 valence electrons. The van der Waals surface area contributed by atoms with Gasteiger partial charge in [-0.2, -0.15) is 9.57 Å². The molecule has 0 bridgehead atoms. The predicted octanol–water partition coefficient (Wildman–Crippen LogP) is 2.30. The molecule has 0 radical (unpaired) electrons. The van der Waals surface area contributed by atoms with E-state index in [9.17, 15) is 8.42 Å². The van der Waals surface area contributed by atoms with Gasteiger partial charge in [0.2, 0.25) is 10.0 Å². The van der Waals surface area contributed by atoms with Gasteiger partial charge in [0.05, 0.1) is 6.07 Å². The minimum Gasteiger partial charge on any atom is -0.243 e. The van der Waals surface area contributed by atoms with Crippen molar-refractivity contribution in [2.45, 2.75) is 25.2 Å². The van der Waals surface area contributed by atoms with Crippen LogP contribution in [0.2, 0.25) is 5.15 Å². The number of hydrogen-bond donors (Lipinski definition) is 0. The van der Waals surface area contributed by atoms with Crippen molar-refractivity contribution in [2.75, 3.05) is 13.1 Å². The number of nitrogens with zero attached hydrogens (tertiary/aromatic N) is 3. The third-order valence-corrected chi connectivity index (χ3v) is 4.69. The van der Waals surface area contributed by atoms with Gasteiger partial charge in [-0.1, -0.05) is 25.4 Å². The molecule has 0 saturated heterocycles. The molecular weight excluding hydrogens is 286 g/mol. The Bertz CT molecular complexity index is 567. The highest BCUT2D eigenvalue weighted by atomic mass is 35.5. The number of nitriles is 1. The van der Waals surface area contributed by atoms with Crippen molar-refractivity contribution >= 4 is 21.6 Å². The molecule has 7 heteroatoms. The summed E-state index contributed by atoms with van der Waals surface area (Å²) in [7, 11) is -3.71. The van der Waals surface area contributed by atoms with Crippen molar-refractivity contribution in [3.63, 3.8) is 0 Å². The van der Waals surface area contributed by atoms with E-state index in [0.717, 1.165) is 0 Å². The first-order valence-electron chi connectivity index (χ1n) is 5.87. The van der Waals surface area contributed by atoms with E-state index in [1.807, 2.05) is 19.9 Å². The lowest BCUT2D eigenvalue weighted by molar-refractivity contribution is 0.373. The minimum atomic E-state index is -3.71. The van der Waals surface area contributed by atoms with Gasteiger partial charge >= 0.3 is 0 Å². The van der Waals surface area contributed by atoms with E-state index in [1.54, 1.807) is 0 Å². The monoisotopic (exact) mass is 301 g/mol. The van der Waals surface area contributed by atoms with Crippen LogP contribution in [0.3, 0.4) is 0 Å². The summed E-state index contributed by atoms with van der Waals surface area (Å²) in [6.45, 7) is 4.33. The Balaban J connectivity index is 3.12. The molecule has 1 aromatic rings. The predicted molar refractivity (Wildman–Crippen MR) is 73.1 cm³/mol. The normalized spacial score (nSPS) is 11.8. The zero-order chi connectivity index (χ0) is 14.5. The van der Waals surface area contributed by atoms with Gasteiger partial charge < -0.3 is 0 Å². The maximum Gasteiger partial charge on any atom is 0.246 e. The van der Waals surface area contributed by atoms with Gasteiger partial charge in [-0.3, -0.25) is 0 Å². The lowest BCUT2D eigenvalue weighted by Crippen LogP contribution is -2.35. The highest BCUT2D eigenvalue weighted by molar-refractivity contribution is 7.89. The van der Waals surface area contributed by atoms with Crippen molar-refractivity contribution < 1.29 is 8.42 Å². The van der Waals surface area contributed by atoms with Gasteiger partial charge in [0.15, 0.2) is 0 Å². The molecular formula is C12H16ClN3O2S. The van der Waals surface area contributed by atoms with E-state index in [0.29, 0.717) is 6.54 Å². The SMILES string of the molecule is CC(C)CN(CCC#N)S(=O)(=O)c1cccnc1Cl. The van der Waals surface area contributed by atoms with Gasteiger partial charge in [0.1, 0.15) is 10.0 Å². The van der Waals surface area contributed by atoms with Gasteiger partial charge in [0, 0.05) is 25.7 Å². The lowest BCUT2D eigenvalue weighted by Gasteiger charge is -2.23. The second kappa shape index (κ2) is 6.85. The largest absolute Gasteiger partial charge is 0.246 e. The van der Waals surface area contributed by atoms with Gasteiger partial charge in [0.25, 0.3) is 0 Å². The molecule has 5 nitrogen and oxygen atoms in total. The summed E-state index contributed by atoms with van der Waals surface area (Å²) in [5, 5.41) is 8.58. The van der Waals surface area contributed by atoms with Crippen LogP contribution in [0.4, 0.5) is 0 Å². The highest BCUT2D eigenvalue weighted by Gasteiger charge is 2.27. The Morgan fingerprint density at radius 1 is 1.53 bits per heavy atom. The lowest BCUT2D eigenvalue weighted by atomic mass is 10.2. The van der Waals surface area contributed by atoms with E-state index in [2.05, 4.69) is 4.98 Å². The van der Waals surface area contributed by atoms with Crippen LogP contribution in [0.1, 0.15) is 20.3 Å². The molecule has 0 aliphatic carbocycles. The molecule has 0 spiro atoms. The molecule has 0 atom stereocenters. The summed E-state index contributed by atoms with van der Waals surface area (Å²) >= 11 is 5.84. The summed E-state index contributed by atoms with van der Waals surface area (Å²) in [5.41, 5.74) is 0. The number of halogens is 1. The fraction of sp³-hybridized carbons (Fsp3) is 0.500. The number of sulfonamides is 1. The Morgan fingerprint density at radius 3 is 2.74 bits per heavy atom. The Labute approximate surface area is 118 Å². The maximum atomic E-state index is 12.5. The molecule has 19 heavy (non-hydrogen) atoms. The van der Waals surface area contributed by atoms with E-state index < -0.39 is 10.0 Å². The number of rotatable bonds is 6. The van der Waals surface area contributed by atoms with Crippen molar-refractivity contribution in [3.05, 3.63) is 23.5 Å². The van der Waals surface area contributed by atoms with Gasteiger partial charge in [-0.05, 0) is 18.1 Å². The third-order valence-electron chi connectivity index (χ3n) is 2.38. The average Bonchev–Trinajstić information content (AvgIpc) is 2.34. The molecule has 1 aromatic heterocycles. The quantitative estimate of drug-likeness (QED) is 0.756. The number of hydrogen-bond acceptors (Lipinski definition) is 4. The summed E-state index contributed by atoms with van der Waals surface area (Å²) in [4.78, 5) is 3.76. The fourth-order valence-corrected chi connectivity index (χ4v) is 3.63. The zero-order valence-corrected chi connectivity index (χ0v) is 12.4. The molecule has 0 unspecified atom stereocenters. The molecule has 0 aliphatic rings. The molecule has 1 rings (SSSR count). The third kappa shape index (κ3) is 4.16. The summed E-state index contributed by atoms with van der Waals surface area (Å²) < 4.78 is 26.3. The minimum absolute atomic E-state index is 0.0183. The van der Waals surface area contributed by atoms with Crippen LogP contribution in [0, 0.1) is 17.2 Å². The Morgan fingerprint density at radius 2 is 2.21 bits per heavy atom. The molecule has 0 aliphatic heterocycles. The van der Waals surface area contributed by atoms with E-state index in [4.69, 9.17) is 16.9 Å². The first-order chi connectivity index (χ1) is 8.89. The molecule has 1 heterocycles. The molecule has 0 saturated carbocycles. The van der Waals surface area contributed by atoms with Crippen LogP contribution in [0.25, 0.3) is 0 Å². The van der Waals surface area contributed by atoms with Crippen molar-refractivity contribution in [2.24, 2.45) is 5.92 Å². The van der Waals surface area contributed by atoms with Crippen LogP contribution >= 0.6 is 11.6 Å². The first kappa shape index (κ1) is 15.9. The molecule has 0 aromatic carbocycles. The van der Waals surface area contributed by atoms with Crippen LogP contribution < -0.4 is 0 Å². The number of pyridine rings is 1. The number of aromatic nitrogens is 1. The van der Waals surface area contributed by atoms with Gasteiger partial charge in [-0.25, -0.2) is 13.4 Å². The maximum absolute atomic E-state index is 12.5. The summed E-state index contributed by atoms with van der Waals surface area (Å²) in [6, 6.07) is 4.90. The Kier molecular flexibility index (Phi) is 5.73. The standard InChI is InChI=1S/C12H16ClN3O2S/c1-10(2)9-16(8-4-6-14)19(17,18)11-5-3-7-15-12(11)13/h3,5,7,10H,4,8-9H2,1-2H3. The zero-order valence-electron chi connectivity index (χ0n) is 10.9. The molecule has 0 N–H and O–H groups in total. The highest BCUT2D eigenvalue weighted by Crippen LogP contribution is 2.23. The van der Waals surface area contributed by atoms with Crippen molar-refractivity contribution in [1.82, 2.24) is 9.29 Å². The first-order valence-corrected chi connectivity index (χ1v) is 7.69. The molecule has 0 fully saturated rings. The molecule has 0 amide bonds. The topological polar surface area (TPSA) is 74.1 Å². The second-order valence-corrected chi connectivity index (χ2v) is 6.72. The van der Waals surface area contributed by atoms with Crippen LogP contribution in [-0.2, 0) is 10.0 Å². The second-order valence-electron chi connectivity index (χ2n) is 4.46. The van der Waals surface area contributed by atoms with Crippen LogP contribution in [0.15, 0.2) is 23.2 Å². The smallest absolute Gasteiger partial charge is 0.243 e. The summed E-state index contributed by atoms with van der Waals surface area (Å²) in [6.07, 6.45) is 1.58. The summed E-state index contributed by atoms with van der Waals surface area (Å²) in [5.74, 6) is 0.156. The van der Waals surface area contributed by atoms with E-state index in [-0.39, 0.29) is 28.9 Å². The fourth-order valence-electron chi connectivity index (χ4n) is 1.59. The average molecular weight is 302 g/mol.